The Hall–Kier alpha value is -2.68. The molecule has 1 N–H and O–H groups in total. The van der Waals surface area contributed by atoms with Gasteiger partial charge in [0.25, 0.3) is 0 Å². The smallest absolute Gasteiger partial charge is 0.0233 e. The zero-order valence-corrected chi connectivity index (χ0v) is 18.2. The van der Waals surface area contributed by atoms with Crippen LogP contribution in [0.5, 0.6) is 0 Å². The summed E-state index contributed by atoms with van der Waals surface area (Å²) in [4.78, 5) is 2.61. The van der Waals surface area contributed by atoms with Gasteiger partial charge in [0.1, 0.15) is 0 Å². The molecule has 0 aromatic heterocycles. The molecule has 0 bridgehead atoms. The fraction of sp³-hybridized carbons (Fsp3) is 0.310. The largest absolute Gasteiger partial charge is 0.311 e. The van der Waals surface area contributed by atoms with Crippen LogP contribution in [0.2, 0.25) is 0 Å². The first kappa shape index (κ1) is 20.2. The van der Waals surface area contributed by atoms with E-state index in [1.165, 1.54) is 54.6 Å². The van der Waals surface area contributed by atoms with Crippen molar-refractivity contribution in [3.63, 3.8) is 0 Å². The molecule has 1 aliphatic heterocycles. The molecular formula is C29H32N2. The molecule has 2 atom stereocenters. The quantitative estimate of drug-likeness (QED) is 0.485. The molecule has 1 saturated carbocycles. The summed E-state index contributed by atoms with van der Waals surface area (Å²) in [6, 6.07) is 31.9. The summed E-state index contributed by atoms with van der Waals surface area (Å²) in [5.74, 6) is 0.730. The molecule has 0 amide bonds. The van der Waals surface area contributed by atoms with E-state index in [9.17, 15) is 0 Å². The molecule has 1 saturated heterocycles. The van der Waals surface area contributed by atoms with Gasteiger partial charge < -0.3 is 5.32 Å². The van der Waals surface area contributed by atoms with Gasteiger partial charge >= 0.3 is 0 Å². The molecule has 0 radical (unpaired) electrons. The van der Waals surface area contributed by atoms with Crippen LogP contribution in [0.1, 0.15) is 47.4 Å². The summed E-state index contributed by atoms with van der Waals surface area (Å²) >= 11 is 0. The minimum Gasteiger partial charge on any atom is -0.311 e. The highest BCUT2D eigenvalue weighted by Crippen LogP contribution is 2.41. The Kier molecular flexibility index (Phi) is 6.29. The average molecular weight is 409 g/mol. The normalized spacial score (nSPS) is 22.1. The van der Waals surface area contributed by atoms with Crippen molar-refractivity contribution in [1.29, 1.82) is 0 Å². The van der Waals surface area contributed by atoms with Crippen LogP contribution in [0.3, 0.4) is 0 Å². The van der Waals surface area contributed by atoms with Crippen LogP contribution in [0, 0.1) is 0 Å². The number of piperidine rings is 1. The van der Waals surface area contributed by atoms with Crippen LogP contribution in [0.15, 0.2) is 84.9 Å². The molecule has 0 spiro atoms. The topological polar surface area (TPSA) is 15.3 Å². The standard InChI is InChI=1S/C29H32N2/c1-3-7-23(8-4-1)11-12-24-13-15-25(16-14-24)22-31-19-17-27(18-20-31)30-29-21-28(29)26-9-5-2-6-10-26/h1-16,27-30H,17-22H2. The Balaban J connectivity index is 1.06. The van der Waals surface area contributed by atoms with Crippen molar-refractivity contribution in [2.45, 2.75) is 43.8 Å². The first-order chi connectivity index (χ1) is 15.3. The summed E-state index contributed by atoms with van der Waals surface area (Å²) in [5.41, 5.74) is 5.41. The summed E-state index contributed by atoms with van der Waals surface area (Å²) in [7, 11) is 0. The summed E-state index contributed by atoms with van der Waals surface area (Å²) in [6.07, 6.45) is 8.19. The number of hydrogen-bond donors (Lipinski definition) is 1. The van der Waals surface area contributed by atoms with Crippen LogP contribution < -0.4 is 5.32 Å². The van der Waals surface area contributed by atoms with E-state index in [1.54, 1.807) is 0 Å². The Labute approximate surface area is 186 Å². The minimum atomic E-state index is 0.681. The van der Waals surface area contributed by atoms with Gasteiger partial charge in [0.2, 0.25) is 0 Å². The average Bonchev–Trinajstić information content (AvgIpc) is 3.60. The highest BCUT2D eigenvalue weighted by Gasteiger charge is 2.39. The lowest BCUT2D eigenvalue weighted by Crippen LogP contribution is -2.43. The van der Waals surface area contributed by atoms with Gasteiger partial charge in [-0.15, -0.1) is 0 Å². The number of nitrogens with zero attached hydrogens (tertiary/aromatic N) is 1. The van der Waals surface area contributed by atoms with Crippen molar-refractivity contribution in [2.75, 3.05) is 13.1 Å². The molecule has 1 aliphatic carbocycles. The van der Waals surface area contributed by atoms with Crippen LogP contribution >= 0.6 is 0 Å². The van der Waals surface area contributed by atoms with E-state index in [-0.39, 0.29) is 0 Å². The van der Waals surface area contributed by atoms with Crippen molar-refractivity contribution in [3.8, 4) is 0 Å². The van der Waals surface area contributed by atoms with Gasteiger partial charge in [-0.25, -0.2) is 0 Å². The highest BCUT2D eigenvalue weighted by atomic mass is 15.1. The second-order valence-corrected chi connectivity index (χ2v) is 9.06. The number of hydrogen-bond acceptors (Lipinski definition) is 2. The summed E-state index contributed by atoms with van der Waals surface area (Å²) < 4.78 is 0. The van der Waals surface area contributed by atoms with Crippen molar-refractivity contribution < 1.29 is 0 Å². The maximum absolute atomic E-state index is 3.93. The van der Waals surface area contributed by atoms with Gasteiger partial charge in [-0.05, 0) is 54.6 Å². The van der Waals surface area contributed by atoms with E-state index >= 15 is 0 Å². The fourth-order valence-electron chi connectivity index (χ4n) is 4.76. The Morgan fingerprint density at radius 1 is 0.742 bits per heavy atom. The van der Waals surface area contributed by atoms with E-state index < -0.39 is 0 Å². The second-order valence-electron chi connectivity index (χ2n) is 9.06. The van der Waals surface area contributed by atoms with Crippen molar-refractivity contribution in [3.05, 3.63) is 107 Å². The highest BCUT2D eigenvalue weighted by molar-refractivity contribution is 5.69. The fourth-order valence-corrected chi connectivity index (χ4v) is 4.76. The number of rotatable bonds is 7. The van der Waals surface area contributed by atoms with Gasteiger partial charge in [-0.2, -0.15) is 0 Å². The minimum absolute atomic E-state index is 0.681. The maximum Gasteiger partial charge on any atom is 0.0233 e. The lowest BCUT2D eigenvalue weighted by molar-refractivity contribution is 0.189. The van der Waals surface area contributed by atoms with Gasteiger partial charge in [0, 0.05) is 24.5 Å². The third-order valence-corrected chi connectivity index (χ3v) is 6.71. The predicted octanol–water partition coefficient (Wildman–Crippen LogP) is 5.97. The Bertz CT molecular complexity index is 970. The predicted molar refractivity (Wildman–Crippen MR) is 131 cm³/mol. The van der Waals surface area contributed by atoms with E-state index in [0.29, 0.717) is 12.1 Å². The molecule has 2 fully saturated rings. The SMILES string of the molecule is C(=Cc1ccc(CN2CCC(NC3CC3c3ccccc3)CC2)cc1)c1ccccc1. The first-order valence-electron chi connectivity index (χ1n) is 11.7. The molecule has 158 valence electrons. The molecule has 2 aliphatic rings. The molecule has 2 nitrogen and oxygen atoms in total. The summed E-state index contributed by atoms with van der Waals surface area (Å²) in [5, 5.41) is 3.93. The van der Waals surface area contributed by atoms with E-state index in [1.807, 2.05) is 0 Å². The molecule has 3 aromatic rings. The number of benzene rings is 3. The zero-order chi connectivity index (χ0) is 20.9. The first-order valence-corrected chi connectivity index (χ1v) is 11.7. The van der Waals surface area contributed by atoms with E-state index in [4.69, 9.17) is 0 Å². The maximum atomic E-state index is 3.93. The van der Waals surface area contributed by atoms with Crippen molar-refractivity contribution in [2.24, 2.45) is 0 Å². The van der Waals surface area contributed by atoms with Crippen LogP contribution in [0.25, 0.3) is 12.2 Å². The van der Waals surface area contributed by atoms with Gasteiger partial charge in [0.05, 0.1) is 0 Å². The van der Waals surface area contributed by atoms with Crippen LogP contribution in [0.4, 0.5) is 0 Å². The monoisotopic (exact) mass is 408 g/mol. The lowest BCUT2D eigenvalue weighted by atomic mass is 10.0. The molecular weight excluding hydrogens is 376 g/mol. The molecule has 2 heteroatoms. The lowest BCUT2D eigenvalue weighted by Gasteiger charge is -2.32. The number of nitrogens with one attached hydrogen (secondary N) is 1. The second kappa shape index (κ2) is 9.64. The van der Waals surface area contributed by atoms with Gasteiger partial charge in [-0.1, -0.05) is 97.1 Å². The molecule has 1 heterocycles. The number of likely N-dealkylation sites (tertiary alicyclic amines) is 1. The summed E-state index contributed by atoms with van der Waals surface area (Å²) in [6.45, 7) is 3.44. The van der Waals surface area contributed by atoms with Crippen LogP contribution in [-0.4, -0.2) is 30.1 Å². The third-order valence-electron chi connectivity index (χ3n) is 6.71. The van der Waals surface area contributed by atoms with Crippen molar-refractivity contribution >= 4 is 12.2 Å². The van der Waals surface area contributed by atoms with Crippen molar-refractivity contribution in [1.82, 2.24) is 10.2 Å². The molecule has 3 aromatic carbocycles. The Morgan fingerprint density at radius 2 is 1.35 bits per heavy atom. The van der Waals surface area contributed by atoms with E-state index in [2.05, 4.69) is 107 Å². The van der Waals surface area contributed by atoms with Crippen LogP contribution in [-0.2, 0) is 6.54 Å². The van der Waals surface area contributed by atoms with E-state index in [0.717, 1.165) is 12.5 Å². The van der Waals surface area contributed by atoms with Gasteiger partial charge in [-0.3, -0.25) is 4.90 Å². The molecule has 31 heavy (non-hydrogen) atoms. The Morgan fingerprint density at radius 3 is 2.03 bits per heavy atom. The van der Waals surface area contributed by atoms with Gasteiger partial charge in [0.15, 0.2) is 0 Å². The zero-order valence-electron chi connectivity index (χ0n) is 18.2. The molecule has 5 rings (SSSR count). The molecule has 2 unspecified atom stereocenters. The third kappa shape index (κ3) is 5.52.